The van der Waals surface area contributed by atoms with Crippen molar-refractivity contribution in [1.82, 2.24) is 5.32 Å². The molecule has 1 rings (SSSR count). The van der Waals surface area contributed by atoms with Gasteiger partial charge in [-0.15, -0.1) is 0 Å². The van der Waals surface area contributed by atoms with E-state index in [2.05, 4.69) is 12.2 Å². The molecule has 3 heteroatoms. The van der Waals surface area contributed by atoms with Crippen molar-refractivity contribution in [2.75, 3.05) is 19.7 Å². The molecular weight excluding hydrogens is 270 g/mol. The normalized spacial score (nSPS) is 10.8. The van der Waals surface area contributed by atoms with Crippen LogP contribution in [0, 0.1) is 6.92 Å². The van der Waals surface area contributed by atoms with Gasteiger partial charge in [-0.3, -0.25) is 0 Å². The maximum atomic E-state index is 5.91. The van der Waals surface area contributed by atoms with Crippen LogP contribution in [0.5, 0.6) is 5.75 Å². The molecule has 0 aliphatic rings. The maximum Gasteiger partial charge on any atom is 0.122 e. The zero-order valence-corrected chi connectivity index (χ0v) is 13.6. The van der Waals surface area contributed by atoms with E-state index in [1.54, 1.807) is 0 Å². The van der Waals surface area contributed by atoms with Crippen molar-refractivity contribution in [1.29, 1.82) is 0 Å². The molecule has 0 fully saturated rings. The molecule has 0 aliphatic heterocycles. The van der Waals surface area contributed by atoms with Gasteiger partial charge in [0.05, 0.1) is 0 Å². The molecule has 0 saturated heterocycles. The summed E-state index contributed by atoms with van der Waals surface area (Å²) >= 11 is 5.91. The third-order valence-electron chi connectivity index (χ3n) is 3.38. The van der Waals surface area contributed by atoms with Gasteiger partial charge in [-0.2, -0.15) is 0 Å². The molecule has 2 nitrogen and oxygen atoms in total. The van der Waals surface area contributed by atoms with Crippen molar-refractivity contribution < 1.29 is 4.74 Å². The smallest absolute Gasteiger partial charge is 0.122 e. The minimum Gasteiger partial charge on any atom is -0.492 e. The molecule has 1 aromatic rings. The van der Waals surface area contributed by atoms with Gasteiger partial charge < -0.3 is 10.1 Å². The summed E-state index contributed by atoms with van der Waals surface area (Å²) in [5.74, 6) is 0.927. The molecule has 0 atom stereocenters. The summed E-state index contributed by atoms with van der Waals surface area (Å²) in [6.07, 6.45) is 8.06. The molecule has 1 aromatic carbocycles. The SMILES string of the molecule is CCCCCCCCNCCOc1ccc(Cl)cc1C. The predicted molar refractivity (Wildman–Crippen MR) is 87.9 cm³/mol. The number of benzene rings is 1. The maximum absolute atomic E-state index is 5.91. The van der Waals surface area contributed by atoms with Crippen LogP contribution in [0.4, 0.5) is 0 Å². The highest BCUT2D eigenvalue weighted by Crippen LogP contribution is 2.21. The van der Waals surface area contributed by atoms with Gasteiger partial charge in [0.25, 0.3) is 0 Å². The third-order valence-corrected chi connectivity index (χ3v) is 3.62. The summed E-state index contributed by atoms with van der Waals surface area (Å²) < 4.78 is 5.73. The first-order valence-corrected chi connectivity index (χ1v) is 8.21. The van der Waals surface area contributed by atoms with E-state index >= 15 is 0 Å². The second-order valence-electron chi connectivity index (χ2n) is 5.28. The molecule has 0 unspecified atom stereocenters. The Morgan fingerprint density at radius 1 is 1.05 bits per heavy atom. The fourth-order valence-electron chi connectivity index (χ4n) is 2.16. The molecule has 0 amide bonds. The van der Waals surface area contributed by atoms with Gasteiger partial charge in [0.15, 0.2) is 0 Å². The van der Waals surface area contributed by atoms with Gasteiger partial charge in [-0.25, -0.2) is 0 Å². The number of rotatable bonds is 11. The minimum atomic E-state index is 0.707. The Balaban J connectivity index is 1.97. The summed E-state index contributed by atoms with van der Waals surface area (Å²) in [5, 5.41) is 4.19. The summed E-state index contributed by atoms with van der Waals surface area (Å²) in [6.45, 7) is 6.97. The van der Waals surface area contributed by atoms with Crippen molar-refractivity contribution in [2.24, 2.45) is 0 Å². The molecule has 0 bridgehead atoms. The van der Waals surface area contributed by atoms with Crippen LogP contribution in [0.3, 0.4) is 0 Å². The van der Waals surface area contributed by atoms with Crippen molar-refractivity contribution in [3.63, 3.8) is 0 Å². The van der Waals surface area contributed by atoms with Crippen LogP contribution in [0.25, 0.3) is 0 Å². The number of nitrogens with one attached hydrogen (secondary N) is 1. The topological polar surface area (TPSA) is 21.3 Å². The molecule has 0 heterocycles. The number of aryl methyl sites for hydroxylation is 1. The van der Waals surface area contributed by atoms with Crippen LogP contribution in [-0.2, 0) is 0 Å². The van der Waals surface area contributed by atoms with Gasteiger partial charge in [0.1, 0.15) is 12.4 Å². The summed E-state index contributed by atoms with van der Waals surface area (Å²) in [7, 11) is 0. The van der Waals surface area contributed by atoms with E-state index < -0.39 is 0 Å². The van der Waals surface area contributed by atoms with Gasteiger partial charge >= 0.3 is 0 Å². The fraction of sp³-hybridized carbons (Fsp3) is 0.647. The van der Waals surface area contributed by atoms with Gasteiger partial charge in [0.2, 0.25) is 0 Å². The zero-order chi connectivity index (χ0) is 14.6. The number of ether oxygens (including phenoxy) is 1. The van der Waals surface area contributed by atoms with Crippen LogP contribution < -0.4 is 10.1 Å². The van der Waals surface area contributed by atoms with Crippen molar-refractivity contribution in [3.05, 3.63) is 28.8 Å². The van der Waals surface area contributed by atoms with E-state index in [-0.39, 0.29) is 0 Å². The van der Waals surface area contributed by atoms with Gasteiger partial charge in [0, 0.05) is 11.6 Å². The molecular formula is C17H28ClNO. The van der Waals surface area contributed by atoms with E-state index in [0.29, 0.717) is 6.61 Å². The highest BCUT2D eigenvalue weighted by atomic mass is 35.5. The summed E-state index contributed by atoms with van der Waals surface area (Å²) in [4.78, 5) is 0. The molecule has 0 radical (unpaired) electrons. The van der Waals surface area contributed by atoms with Crippen molar-refractivity contribution in [3.8, 4) is 5.75 Å². The monoisotopic (exact) mass is 297 g/mol. The Labute approximate surface area is 128 Å². The van der Waals surface area contributed by atoms with Crippen LogP contribution in [0.1, 0.15) is 51.0 Å². The first kappa shape index (κ1) is 17.3. The predicted octanol–water partition coefficient (Wildman–Crippen LogP) is 4.98. The first-order chi connectivity index (χ1) is 9.74. The second kappa shape index (κ2) is 11.0. The van der Waals surface area contributed by atoms with Gasteiger partial charge in [-0.05, 0) is 43.7 Å². The van der Waals surface area contributed by atoms with Crippen molar-refractivity contribution >= 4 is 11.6 Å². The largest absolute Gasteiger partial charge is 0.492 e. The minimum absolute atomic E-state index is 0.707. The highest BCUT2D eigenvalue weighted by molar-refractivity contribution is 6.30. The van der Waals surface area contributed by atoms with E-state index in [4.69, 9.17) is 16.3 Å². The Morgan fingerprint density at radius 3 is 2.55 bits per heavy atom. The molecule has 20 heavy (non-hydrogen) atoms. The molecule has 1 N–H and O–H groups in total. The van der Waals surface area contributed by atoms with Crippen LogP contribution >= 0.6 is 11.6 Å². The Bertz CT molecular complexity index is 368. The summed E-state index contributed by atoms with van der Waals surface area (Å²) in [6, 6.07) is 5.74. The Hall–Kier alpha value is -0.730. The Morgan fingerprint density at radius 2 is 1.80 bits per heavy atom. The average Bonchev–Trinajstić information content (AvgIpc) is 2.43. The molecule has 0 aromatic heterocycles. The second-order valence-corrected chi connectivity index (χ2v) is 5.71. The number of hydrogen-bond acceptors (Lipinski definition) is 2. The third kappa shape index (κ3) is 7.76. The molecule has 0 spiro atoms. The standard InChI is InChI=1S/C17H28ClNO/c1-3-4-5-6-7-8-11-19-12-13-20-17-10-9-16(18)14-15(17)2/h9-10,14,19H,3-8,11-13H2,1-2H3. The lowest BCUT2D eigenvalue weighted by Crippen LogP contribution is -2.22. The van der Waals surface area contributed by atoms with E-state index in [9.17, 15) is 0 Å². The lowest BCUT2D eigenvalue weighted by Gasteiger charge is -2.10. The Kier molecular flexibility index (Phi) is 9.52. The van der Waals surface area contributed by atoms with E-state index in [1.165, 1.54) is 38.5 Å². The summed E-state index contributed by atoms with van der Waals surface area (Å²) in [5.41, 5.74) is 1.09. The molecule has 114 valence electrons. The quantitative estimate of drug-likeness (QED) is 0.582. The highest BCUT2D eigenvalue weighted by Gasteiger charge is 1.99. The molecule has 0 aliphatic carbocycles. The lowest BCUT2D eigenvalue weighted by atomic mass is 10.1. The zero-order valence-electron chi connectivity index (χ0n) is 12.9. The first-order valence-electron chi connectivity index (χ1n) is 7.83. The van der Waals surface area contributed by atoms with Crippen LogP contribution in [0.2, 0.25) is 5.02 Å². The van der Waals surface area contributed by atoms with Crippen LogP contribution in [-0.4, -0.2) is 19.7 Å². The van der Waals surface area contributed by atoms with E-state index in [0.717, 1.165) is 29.4 Å². The molecule has 0 saturated carbocycles. The number of hydrogen-bond donors (Lipinski definition) is 1. The lowest BCUT2D eigenvalue weighted by molar-refractivity contribution is 0.311. The number of unbranched alkanes of at least 4 members (excludes halogenated alkanes) is 5. The van der Waals surface area contributed by atoms with Gasteiger partial charge in [-0.1, -0.05) is 50.6 Å². The van der Waals surface area contributed by atoms with Crippen LogP contribution in [0.15, 0.2) is 18.2 Å². The van der Waals surface area contributed by atoms with E-state index in [1.807, 2.05) is 25.1 Å². The fourth-order valence-corrected chi connectivity index (χ4v) is 2.39. The average molecular weight is 298 g/mol. The van der Waals surface area contributed by atoms with Crippen molar-refractivity contribution in [2.45, 2.75) is 52.4 Å². The number of halogens is 1.